The Labute approximate surface area is 106 Å². The Balaban J connectivity index is 1.99. The minimum absolute atomic E-state index is 0.0621. The van der Waals surface area contributed by atoms with Gasteiger partial charge in [-0.1, -0.05) is 0 Å². The van der Waals surface area contributed by atoms with Gasteiger partial charge in [-0.3, -0.25) is 0 Å². The smallest absolute Gasteiger partial charge is 0.328 e. The van der Waals surface area contributed by atoms with Crippen molar-refractivity contribution in [2.24, 2.45) is 5.92 Å². The fourth-order valence-corrected chi connectivity index (χ4v) is 2.31. The lowest BCUT2D eigenvalue weighted by Crippen LogP contribution is -2.59. The van der Waals surface area contributed by atoms with Crippen molar-refractivity contribution in [2.45, 2.75) is 38.3 Å². The van der Waals surface area contributed by atoms with Crippen LogP contribution in [0.15, 0.2) is 0 Å². The SMILES string of the molecule is CC(C)(NC(=O)N1CCOCC1C(=O)O)C1CC1. The van der Waals surface area contributed by atoms with Gasteiger partial charge in [-0.25, -0.2) is 9.59 Å². The van der Waals surface area contributed by atoms with E-state index >= 15 is 0 Å². The number of carboxylic acids is 1. The summed E-state index contributed by atoms with van der Waals surface area (Å²) < 4.78 is 5.11. The van der Waals surface area contributed by atoms with Crippen LogP contribution in [0.25, 0.3) is 0 Å². The highest BCUT2D eigenvalue weighted by Gasteiger charge is 2.41. The van der Waals surface area contributed by atoms with Crippen LogP contribution in [-0.2, 0) is 9.53 Å². The largest absolute Gasteiger partial charge is 0.480 e. The van der Waals surface area contributed by atoms with Crippen molar-refractivity contribution in [3.05, 3.63) is 0 Å². The number of morpholine rings is 1. The number of aliphatic carboxylic acids is 1. The molecule has 1 heterocycles. The normalized spacial score (nSPS) is 24.8. The second-order valence-electron chi connectivity index (χ2n) is 5.55. The molecule has 0 aromatic heterocycles. The van der Waals surface area contributed by atoms with E-state index in [0.29, 0.717) is 19.1 Å². The Morgan fingerprint density at radius 2 is 2.06 bits per heavy atom. The molecule has 1 atom stereocenters. The molecule has 1 aliphatic carbocycles. The van der Waals surface area contributed by atoms with Crippen molar-refractivity contribution in [1.82, 2.24) is 10.2 Å². The van der Waals surface area contributed by atoms with Gasteiger partial charge in [-0.2, -0.15) is 0 Å². The van der Waals surface area contributed by atoms with Gasteiger partial charge in [-0.15, -0.1) is 0 Å². The lowest BCUT2D eigenvalue weighted by molar-refractivity contribution is -0.147. The van der Waals surface area contributed by atoms with E-state index in [9.17, 15) is 9.59 Å². The maximum Gasteiger partial charge on any atom is 0.328 e. The summed E-state index contributed by atoms with van der Waals surface area (Å²) in [6, 6.07) is -1.18. The standard InChI is InChI=1S/C12H20N2O4/c1-12(2,8-3-4-8)13-11(17)14-5-6-18-7-9(14)10(15)16/h8-9H,3-7H2,1-2H3,(H,13,17)(H,15,16). The molecule has 0 radical (unpaired) electrons. The van der Waals surface area contributed by atoms with Crippen LogP contribution >= 0.6 is 0 Å². The Morgan fingerprint density at radius 3 is 2.61 bits per heavy atom. The summed E-state index contributed by atoms with van der Waals surface area (Å²) in [5.74, 6) is -0.514. The average molecular weight is 256 g/mol. The number of nitrogens with zero attached hydrogens (tertiary/aromatic N) is 1. The number of ether oxygens (including phenoxy) is 1. The summed E-state index contributed by atoms with van der Waals surface area (Å²) >= 11 is 0. The molecule has 0 bridgehead atoms. The molecule has 6 nitrogen and oxygen atoms in total. The molecule has 0 aromatic rings. The number of amides is 2. The van der Waals surface area contributed by atoms with Crippen molar-refractivity contribution >= 4 is 12.0 Å². The molecule has 2 aliphatic rings. The molecule has 2 N–H and O–H groups in total. The van der Waals surface area contributed by atoms with Gasteiger partial charge in [0.2, 0.25) is 0 Å². The topological polar surface area (TPSA) is 78.9 Å². The predicted octanol–water partition coefficient (Wildman–Crippen LogP) is 0.670. The van der Waals surface area contributed by atoms with Crippen LogP contribution < -0.4 is 5.32 Å². The number of nitrogens with one attached hydrogen (secondary N) is 1. The van der Waals surface area contributed by atoms with Crippen molar-refractivity contribution in [3.8, 4) is 0 Å². The van der Waals surface area contributed by atoms with Crippen LogP contribution in [0.3, 0.4) is 0 Å². The maximum atomic E-state index is 12.2. The molecule has 2 amide bonds. The van der Waals surface area contributed by atoms with Crippen LogP contribution in [0, 0.1) is 5.92 Å². The minimum atomic E-state index is -1.02. The Morgan fingerprint density at radius 1 is 1.39 bits per heavy atom. The van der Waals surface area contributed by atoms with Crippen molar-refractivity contribution in [2.75, 3.05) is 19.8 Å². The van der Waals surface area contributed by atoms with E-state index in [1.54, 1.807) is 0 Å². The Bertz CT molecular complexity index is 352. The van der Waals surface area contributed by atoms with Crippen LogP contribution in [0.2, 0.25) is 0 Å². The van der Waals surface area contributed by atoms with Gasteiger partial charge in [0, 0.05) is 12.1 Å². The second kappa shape index (κ2) is 4.76. The first-order chi connectivity index (χ1) is 8.42. The second-order valence-corrected chi connectivity index (χ2v) is 5.55. The zero-order valence-electron chi connectivity index (χ0n) is 10.8. The molecule has 2 rings (SSSR count). The number of carboxylic acid groups (broad SMARTS) is 1. The van der Waals surface area contributed by atoms with Gasteiger partial charge >= 0.3 is 12.0 Å². The number of hydrogen-bond acceptors (Lipinski definition) is 3. The fraction of sp³-hybridized carbons (Fsp3) is 0.833. The summed E-state index contributed by atoms with van der Waals surface area (Å²) in [6.45, 7) is 4.74. The molecule has 1 aliphatic heterocycles. The van der Waals surface area contributed by atoms with Crippen LogP contribution in [0.1, 0.15) is 26.7 Å². The van der Waals surface area contributed by atoms with E-state index in [1.165, 1.54) is 4.90 Å². The summed E-state index contributed by atoms with van der Waals surface area (Å²) in [6.07, 6.45) is 2.25. The van der Waals surface area contributed by atoms with Crippen molar-refractivity contribution in [1.29, 1.82) is 0 Å². The summed E-state index contributed by atoms with van der Waals surface area (Å²) in [5.41, 5.74) is -0.265. The first-order valence-corrected chi connectivity index (χ1v) is 6.31. The lowest BCUT2D eigenvalue weighted by Gasteiger charge is -2.36. The van der Waals surface area contributed by atoms with Gasteiger partial charge in [0.05, 0.1) is 13.2 Å². The van der Waals surface area contributed by atoms with Crippen LogP contribution in [-0.4, -0.2) is 53.3 Å². The molecule has 102 valence electrons. The van der Waals surface area contributed by atoms with Gasteiger partial charge in [0.1, 0.15) is 0 Å². The predicted molar refractivity (Wildman–Crippen MR) is 64.3 cm³/mol. The number of urea groups is 1. The molecule has 0 spiro atoms. The number of carbonyl (C=O) groups is 2. The van der Waals surface area contributed by atoms with E-state index in [2.05, 4.69) is 5.32 Å². The molecule has 1 saturated carbocycles. The molecule has 0 aromatic carbocycles. The first kappa shape index (κ1) is 13.1. The van der Waals surface area contributed by atoms with E-state index in [1.807, 2.05) is 13.8 Å². The fourth-order valence-electron chi connectivity index (χ4n) is 2.31. The van der Waals surface area contributed by atoms with Gasteiger partial charge < -0.3 is 20.1 Å². The third-order valence-corrected chi connectivity index (χ3v) is 3.70. The zero-order chi connectivity index (χ0) is 13.3. The van der Waals surface area contributed by atoms with E-state index < -0.39 is 12.0 Å². The first-order valence-electron chi connectivity index (χ1n) is 6.31. The van der Waals surface area contributed by atoms with Crippen LogP contribution in [0.4, 0.5) is 4.79 Å². The lowest BCUT2D eigenvalue weighted by atomic mass is 9.99. The number of rotatable bonds is 3. The van der Waals surface area contributed by atoms with Crippen molar-refractivity contribution < 1.29 is 19.4 Å². The zero-order valence-corrected chi connectivity index (χ0v) is 10.8. The molecular weight excluding hydrogens is 236 g/mol. The van der Waals surface area contributed by atoms with E-state index in [4.69, 9.17) is 9.84 Å². The monoisotopic (exact) mass is 256 g/mol. The van der Waals surface area contributed by atoms with Gasteiger partial charge in [-0.05, 0) is 32.6 Å². The third-order valence-electron chi connectivity index (χ3n) is 3.70. The molecule has 1 unspecified atom stereocenters. The Hall–Kier alpha value is -1.30. The van der Waals surface area contributed by atoms with E-state index in [0.717, 1.165) is 12.8 Å². The highest BCUT2D eigenvalue weighted by molar-refractivity contribution is 5.83. The summed E-state index contributed by atoms with van der Waals surface area (Å²) in [4.78, 5) is 24.6. The van der Waals surface area contributed by atoms with Crippen molar-refractivity contribution in [3.63, 3.8) is 0 Å². The molecule has 6 heteroatoms. The molecular formula is C12H20N2O4. The molecule has 1 saturated heterocycles. The van der Waals surface area contributed by atoms with E-state index in [-0.39, 0.29) is 18.2 Å². The summed E-state index contributed by atoms with van der Waals surface area (Å²) in [5, 5.41) is 12.0. The summed E-state index contributed by atoms with van der Waals surface area (Å²) in [7, 11) is 0. The number of carbonyl (C=O) groups excluding carboxylic acids is 1. The minimum Gasteiger partial charge on any atom is -0.480 e. The Kier molecular flexibility index (Phi) is 3.47. The average Bonchev–Trinajstić information content (AvgIpc) is 3.12. The highest BCUT2D eigenvalue weighted by Crippen LogP contribution is 2.39. The highest BCUT2D eigenvalue weighted by atomic mass is 16.5. The van der Waals surface area contributed by atoms with Crippen LogP contribution in [0.5, 0.6) is 0 Å². The van der Waals surface area contributed by atoms with Gasteiger partial charge in [0.15, 0.2) is 6.04 Å². The molecule has 2 fully saturated rings. The van der Waals surface area contributed by atoms with Gasteiger partial charge in [0.25, 0.3) is 0 Å². The quantitative estimate of drug-likeness (QED) is 0.778. The molecule has 18 heavy (non-hydrogen) atoms. The number of hydrogen-bond donors (Lipinski definition) is 2. The third kappa shape index (κ3) is 2.75. The maximum absolute atomic E-state index is 12.2.